The first kappa shape index (κ1) is 20.6. The van der Waals surface area contributed by atoms with E-state index in [0.29, 0.717) is 36.6 Å². The zero-order valence-corrected chi connectivity index (χ0v) is 17.7. The quantitative estimate of drug-likeness (QED) is 0.271. The number of aryl methyl sites for hydroxylation is 1. The van der Waals surface area contributed by atoms with Crippen LogP contribution in [-0.4, -0.2) is 22.6 Å². The van der Waals surface area contributed by atoms with Crippen molar-refractivity contribution in [2.45, 2.75) is 13.0 Å². The molecule has 2 heterocycles. The molecule has 0 aliphatic heterocycles. The number of hydrogen-bond donors (Lipinski definition) is 1. The van der Waals surface area contributed by atoms with Crippen LogP contribution in [0.2, 0.25) is 0 Å². The fraction of sp³-hybridized carbons (Fsp3) is 0.111. The van der Waals surface area contributed by atoms with Crippen LogP contribution in [0.1, 0.15) is 16.8 Å². The Morgan fingerprint density at radius 2 is 1.79 bits per heavy atom. The van der Waals surface area contributed by atoms with E-state index in [1.165, 1.54) is 12.1 Å². The molecule has 5 aromatic rings. The molecule has 0 spiro atoms. The lowest BCUT2D eigenvalue weighted by Gasteiger charge is -2.10. The van der Waals surface area contributed by atoms with Gasteiger partial charge in [-0.05, 0) is 12.5 Å². The summed E-state index contributed by atoms with van der Waals surface area (Å²) in [5.41, 5.74) is 2.39. The molecule has 6 nitrogen and oxygen atoms in total. The molecule has 0 aliphatic rings. The van der Waals surface area contributed by atoms with Crippen molar-refractivity contribution in [1.29, 1.82) is 0 Å². The predicted molar refractivity (Wildman–Crippen MR) is 127 cm³/mol. The van der Waals surface area contributed by atoms with Gasteiger partial charge in [0, 0.05) is 53.0 Å². The van der Waals surface area contributed by atoms with Crippen LogP contribution in [0.25, 0.3) is 33.2 Å². The molecule has 2 aromatic heterocycles. The van der Waals surface area contributed by atoms with Crippen molar-refractivity contribution in [3.8, 4) is 22.8 Å². The number of aldehydes is 1. The molecule has 5 rings (SSSR count). The number of phenolic OH excluding ortho intramolecular Hbond substituents is 1. The number of para-hydroxylation sites is 1. The van der Waals surface area contributed by atoms with E-state index in [1.54, 1.807) is 6.07 Å². The van der Waals surface area contributed by atoms with Crippen LogP contribution >= 0.6 is 0 Å². The fourth-order valence-electron chi connectivity index (χ4n) is 4.05. The Balaban J connectivity index is 1.34. The van der Waals surface area contributed by atoms with Crippen molar-refractivity contribution in [2.75, 3.05) is 6.61 Å². The summed E-state index contributed by atoms with van der Waals surface area (Å²) in [6.07, 6.45) is 3.40. The van der Waals surface area contributed by atoms with E-state index in [0.717, 1.165) is 22.8 Å². The molecule has 1 N–H and O–H groups in total. The number of aromatic nitrogens is 1. The van der Waals surface area contributed by atoms with Crippen LogP contribution < -0.4 is 10.2 Å². The van der Waals surface area contributed by atoms with Gasteiger partial charge in [-0.1, -0.05) is 48.5 Å². The highest BCUT2D eigenvalue weighted by atomic mass is 16.5. The minimum atomic E-state index is -0.315. The van der Waals surface area contributed by atoms with Crippen LogP contribution in [0.15, 0.2) is 88.2 Å². The third-order valence-electron chi connectivity index (χ3n) is 5.60. The Morgan fingerprint density at radius 3 is 2.61 bits per heavy atom. The first-order valence-corrected chi connectivity index (χ1v) is 10.7. The monoisotopic (exact) mass is 439 g/mol. The molecular formula is C27H21NO5. The van der Waals surface area contributed by atoms with Crippen LogP contribution in [0.4, 0.5) is 0 Å². The first-order valence-electron chi connectivity index (χ1n) is 10.7. The molecule has 33 heavy (non-hydrogen) atoms. The highest BCUT2D eigenvalue weighted by Crippen LogP contribution is 2.31. The average molecular weight is 439 g/mol. The number of fused-ring (bicyclic) bond motifs is 2. The van der Waals surface area contributed by atoms with Crippen LogP contribution in [0.3, 0.4) is 0 Å². The van der Waals surface area contributed by atoms with E-state index >= 15 is 0 Å². The summed E-state index contributed by atoms with van der Waals surface area (Å²) in [5.74, 6) is 0.664. The van der Waals surface area contributed by atoms with Gasteiger partial charge in [-0.2, -0.15) is 0 Å². The van der Waals surface area contributed by atoms with Crippen LogP contribution in [0, 0.1) is 0 Å². The van der Waals surface area contributed by atoms with Gasteiger partial charge in [0.2, 0.25) is 0 Å². The Kier molecular flexibility index (Phi) is 5.40. The Labute approximate surface area is 189 Å². The fourth-order valence-corrected chi connectivity index (χ4v) is 4.05. The Morgan fingerprint density at radius 1 is 1.00 bits per heavy atom. The first-order chi connectivity index (χ1) is 16.1. The molecule has 0 unspecified atom stereocenters. The lowest BCUT2D eigenvalue weighted by atomic mass is 10.1. The van der Waals surface area contributed by atoms with Gasteiger partial charge in [-0.25, -0.2) is 0 Å². The van der Waals surface area contributed by atoms with Crippen molar-refractivity contribution >= 4 is 28.2 Å². The molecule has 0 bridgehead atoms. The van der Waals surface area contributed by atoms with Gasteiger partial charge < -0.3 is 18.8 Å². The van der Waals surface area contributed by atoms with Gasteiger partial charge in [0.15, 0.2) is 11.7 Å². The lowest BCUT2D eigenvalue weighted by Crippen LogP contribution is -2.05. The summed E-state index contributed by atoms with van der Waals surface area (Å²) in [7, 11) is 0. The Bertz CT molecular complexity index is 1510. The predicted octanol–water partition coefficient (Wildman–Crippen LogP) is 5.40. The van der Waals surface area contributed by atoms with E-state index in [9.17, 15) is 14.7 Å². The maximum Gasteiger partial charge on any atom is 0.197 e. The zero-order chi connectivity index (χ0) is 22.8. The van der Waals surface area contributed by atoms with E-state index in [4.69, 9.17) is 9.15 Å². The average Bonchev–Trinajstić information content (AvgIpc) is 3.20. The standard InChI is InChI=1S/C27H21NO5/c29-17-19-16-28(22-10-5-4-9-21(19)22)11-6-12-32-20-13-23(30)27-24(31)15-25(33-26(27)14-20)18-7-2-1-3-8-18/h1-5,7-10,13-17,30H,6,11-12H2. The molecule has 0 radical (unpaired) electrons. The summed E-state index contributed by atoms with van der Waals surface area (Å²) in [5, 5.41) is 11.5. The molecule has 164 valence electrons. The number of ether oxygens (including phenoxy) is 1. The molecule has 0 aliphatic carbocycles. The van der Waals surface area contributed by atoms with Crippen molar-refractivity contribution < 1.29 is 19.1 Å². The smallest absolute Gasteiger partial charge is 0.197 e. The molecule has 0 amide bonds. The summed E-state index contributed by atoms with van der Waals surface area (Å²) in [6.45, 7) is 1.05. The van der Waals surface area contributed by atoms with E-state index < -0.39 is 0 Å². The Hall–Kier alpha value is -4.32. The van der Waals surface area contributed by atoms with E-state index in [1.807, 2.05) is 65.4 Å². The number of benzene rings is 3. The van der Waals surface area contributed by atoms with Crippen molar-refractivity contribution in [2.24, 2.45) is 0 Å². The number of carbonyl (C=O) groups excluding carboxylic acids is 1. The third-order valence-corrected chi connectivity index (χ3v) is 5.60. The summed E-state index contributed by atoms with van der Waals surface area (Å²) < 4.78 is 13.8. The van der Waals surface area contributed by atoms with Gasteiger partial charge in [-0.15, -0.1) is 0 Å². The van der Waals surface area contributed by atoms with E-state index in [-0.39, 0.29) is 22.1 Å². The largest absolute Gasteiger partial charge is 0.507 e. The van der Waals surface area contributed by atoms with Gasteiger partial charge in [-0.3, -0.25) is 9.59 Å². The summed E-state index contributed by atoms with van der Waals surface area (Å²) in [6, 6.07) is 21.5. The number of nitrogens with zero attached hydrogens (tertiary/aromatic N) is 1. The molecule has 0 saturated heterocycles. The second kappa shape index (κ2) is 8.67. The molecule has 3 aromatic carbocycles. The number of rotatable bonds is 7. The number of aromatic hydroxyl groups is 1. The third kappa shape index (κ3) is 3.99. The van der Waals surface area contributed by atoms with Crippen LogP contribution in [0.5, 0.6) is 11.5 Å². The van der Waals surface area contributed by atoms with Gasteiger partial charge in [0.05, 0.1) is 6.61 Å². The van der Waals surface area contributed by atoms with E-state index in [2.05, 4.69) is 0 Å². The van der Waals surface area contributed by atoms with Crippen LogP contribution in [-0.2, 0) is 6.54 Å². The SMILES string of the molecule is O=Cc1cn(CCCOc2cc(O)c3c(=O)cc(-c4ccccc4)oc3c2)c2ccccc12. The highest BCUT2D eigenvalue weighted by molar-refractivity contribution is 5.97. The minimum Gasteiger partial charge on any atom is -0.507 e. The van der Waals surface area contributed by atoms with Crippen molar-refractivity contribution in [3.63, 3.8) is 0 Å². The van der Waals surface area contributed by atoms with Gasteiger partial charge in [0.25, 0.3) is 0 Å². The van der Waals surface area contributed by atoms with Gasteiger partial charge in [0.1, 0.15) is 28.2 Å². The molecule has 6 heteroatoms. The number of phenols is 1. The normalized spacial score (nSPS) is 11.2. The highest BCUT2D eigenvalue weighted by Gasteiger charge is 2.13. The second-order valence-electron chi connectivity index (χ2n) is 7.77. The maximum absolute atomic E-state index is 12.6. The van der Waals surface area contributed by atoms with Crippen molar-refractivity contribution in [1.82, 2.24) is 4.57 Å². The maximum atomic E-state index is 12.6. The van der Waals surface area contributed by atoms with Crippen molar-refractivity contribution in [3.05, 3.63) is 94.8 Å². The second-order valence-corrected chi connectivity index (χ2v) is 7.77. The number of hydrogen-bond acceptors (Lipinski definition) is 5. The minimum absolute atomic E-state index is 0.127. The van der Waals surface area contributed by atoms with Gasteiger partial charge >= 0.3 is 0 Å². The molecule has 0 saturated carbocycles. The summed E-state index contributed by atoms with van der Waals surface area (Å²) >= 11 is 0. The lowest BCUT2D eigenvalue weighted by molar-refractivity contribution is 0.112. The number of carbonyl (C=O) groups is 1. The molecule has 0 fully saturated rings. The summed E-state index contributed by atoms with van der Waals surface area (Å²) in [4.78, 5) is 23.9. The molecular weight excluding hydrogens is 418 g/mol. The molecule has 0 atom stereocenters. The topological polar surface area (TPSA) is 81.7 Å². The zero-order valence-electron chi connectivity index (χ0n) is 17.7.